The van der Waals surface area contributed by atoms with E-state index in [0.29, 0.717) is 0 Å². The van der Waals surface area contributed by atoms with Crippen LogP contribution in [0.1, 0.15) is 0 Å². The molecule has 1 aromatic heterocycles. The van der Waals surface area contributed by atoms with Gasteiger partial charge in [-0.15, -0.1) is 11.3 Å². The number of thiazole rings is 1. The molecule has 1 heterocycles. The Balaban J connectivity index is 2.48. The number of benzene rings is 1. The number of nitrogens with zero attached hydrogens (tertiary/aromatic N) is 1. The first-order chi connectivity index (χ1) is 8.40. The van der Waals surface area contributed by atoms with Crippen LogP contribution in [0.2, 0.25) is 0 Å². The average molecular weight is 291 g/mol. The Morgan fingerprint density at radius 1 is 1.28 bits per heavy atom. The van der Waals surface area contributed by atoms with E-state index >= 15 is 0 Å². The highest BCUT2D eigenvalue weighted by atomic mass is 32.2. The van der Waals surface area contributed by atoms with Crippen LogP contribution in [0.4, 0.5) is 20.3 Å². The van der Waals surface area contributed by atoms with Gasteiger partial charge in [0, 0.05) is 11.1 Å². The van der Waals surface area contributed by atoms with E-state index in [4.69, 9.17) is 5.73 Å². The summed E-state index contributed by atoms with van der Waals surface area (Å²) in [6.45, 7) is 0. The lowest BCUT2D eigenvalue weighted by atomic mass is 10.3. The highest BCUT2D eigenvalue weighted by molar-refractivity contribution is 7.92. The van der Waals surface area contributed by atoms with E-state index in [9.17, 15) is 17.2 Å². The van der Waals surface area contributed by atoms with Gasteiger partial charge in [-0.05, 0) is 12.1 Å². The Kier molecular flexibility index (Phi) is 3.18. The van der Waals surface area contributed by atoms with Crippen LogP contribution in [0.15, 0.2) is 27.9 Å². The van der Waals surface area contributed by atoms with E-state index < -0.39 is 26.6 Å². The molecule has 0 aliphatic heterocycles. The van der Waals surface area contributed by atoms with Gasteiger partial charge in [0.2, 0.25) is 0 Å². The second kappa shape index (κ2) is 4.50. The molecule has 2 rings (SSSR count). The molecule has 3 N–H and O–H groups in total. The van der Waals surface area contributed by atoms with Gasteiger partial charge in [-0.3, -0.25) is 4.72 Å². The Labute approximate surface area is 105 Å². The van der Waals surface area contributed by atoms with Crippen LogP contribution in [0, 0.1) is 11.6 Å². The van der Waals surface area contributed by atoms with Gasteiger partial charge < -0.3 is 5.73 Å². The minimum Gasteiger partial charge on any atom is -0.399 e. The van der Waals surface area contributed by atoms with Gasteiger partial charge in [0.15, 0.2) is 10.7 Å². The first-order valence-corrected chi connectivity index (χ1v) is 6.98. The highest BCUT2D eigenvalue weighted by Gasteiger charge is 2.25. The molecule has 0 radical (unpaired) electrons. The number of nitrogens with two attached hydrogens (primary N) is 1. The number of nitrogen functional groups attached to an aromatic ring is 1. The maximum atomic E-state index is 13.5. The van der Waals surface area contributed by atoms with Crippen LogP contribution in [-0.2, 0) is 10.0 Å². The Hall–Kier alpha value is -1.74. The minimum atomic E-state index is -4.37. The number of anilines is 2. The summed E-state index contributed by atoms with van der Waals surface area (Å²) in [5.74, 6) is -2.51. The van der Waals surface area contributed by atoms with Crippen molar-refractivity contribution in [1.29, 1.82) is 0 Å². The molecule has 9 heteroatoms. The molecule has 0 unspecified atom stereocenters. The van der Waals surface area contributed by atoms with E-state index in [1.165, 1.54) is 10.9 Å². The van der Waals surface area contributed by atoms with Gasteiger partial charge in [0.1, 0.15) is 11.6 Å². The zero-order valence-electron chi connectivity index (χ0n) is 8.72. The number of rotatable bonds is 3. The normalized spacial score (nSPS) is 11.4. The second-order valence-corrected chi connectivity index (χ2v) is 5.63. The van der Waals surface area contributed by atoms with E-state index in [1.54, 1.807) is 0 Å². The second-order valence-electron chi connectivity index (χ2n) is 3.29. The third-order valence-electron chi connectivity index (χ3n) is 1.96. The van der Waals surface area contributed by atoms with Gasteiger partial charge in [-0.25, -0.2) is 22.2 Å². The van der Waals surface area contributed by atoms with Gasteiger partial charge >= 0.3 is 0 Å². The molecule has 0 aliphatic rings. The fourth-order valence-electron chi connectivity index (χ4n) is 1.29. The van der Waals surface area contributed by atoms with Gasteiger partial charge in [0.25, 0.3) is 10.0 Å². The first kappa shape index (κ1) is 12.7. The zero-order chi connectivity index (χ0) is 13.3. The summed E-state index contributed by atoms with van der Waals surface area (Å²) in [7, 11) is -4.37. The van der Waals surface area contributed by atoms with Crippen molar-refractivity contribution < 1.29 is 17.2 Å². The van der Waals surface area contributed by atoms with Crippen molar-refractivity contribution in [1.82, 2.24) is 4.98 Å². The molecule has 5 nitrogen and oxygen atoms in total. The summed E-state index contributed by atoms with van der Waals surface area (Å²) < 4.78 is 52.5. The molecule has 2 aromatic rings. The molecule has 18 heavy (non-hydrogen) atoms. The molecule has 0 amide bonds. The van der Waals surface area contributed by atoms with Crippen LogP contribution >= 0.6 is 11.3 Å². The summed E-state index contributed by atoms with van der Waals surface area (Å²) >= 11 is 1.14. The van der Waals surface area contributed by atoms with Crippen molar-refractivity contribution in [2.45, 2.75) is 4.90 Å². The van der Waals surface area contributed by atoms with E-state index in [0.717, 1.165) is 23.5 Å². The largest absolute Gasteiger partial charge is 0.399 e. The number of nitrogens with one attached hydrogen (secondary N) is 1. The molecule has 0 bridgehead atoms. The van der Waals surface area contributed by atoms with Gasteiger partial charge in [0.05, 0.1) is 5.51 Å². The lowest BCUT2D eigenvalue weighted by Gasteiger charge is -2.08. The fraction of sp³-hybridized carbons (Fsp3) is 0. The first-order valence-electron chi connectivity index (χ1n) is 4.55. The van der Waals surface area contributed by atoms with E-state index in [2.05, 4.69) is 4.98 Å². The third kappa shape index (κ3) is 2.41. The molecule has 1 aromatic carbocycles. The Morgan fingerprint density at radius 3 is 2.39 bits per heavy atom. The molecule has 96 valence electrons. The van der Waals surface area contributed by atoms with Crippen molar-refractivity contribution in [2.75, 3.05) is 10.5 Å². The number of aromatic nitrogens is 1. The van der Waals surface area contributed by atoms with Crippen molar-refractivity contribution in [3.05, 3.63) is 34.7 Å². The molecule has 0 aliphatic carbocycles. The predicted octanol–water partition coefficient (Wildman–Crippen LogP) is 1.80. The zero-order valence-corrected chi connectivity index (χ0v) is 10.4. The minimum absolute atomic E-state index is 0.00405. The smallest absolute Gasteiger partial charge is 0.268 e. The molecular formula is C9H7F2N3O2S2. The van der Waals surface area contributed by atoms with Gasteiger partial charge in [-0.1, -0.05) is 0 Å². The monoisotopic (exact) mass is 291 g/mol. The van der Waals surface area contributed by atoms with Crippen LogP contribution in [0.3, 0.4) is 0 Å². The summed E-state index contributed by atoms with van der Waals surface area (Å²) in [5, 5.41) is 1.39. The molecular weight excluding hydrogens is 284 g/mol. The van der Waals surface area contributed by atoms with Gasteiger partial charge in [-0.2, -0.15) is 0 Å². The quantitative estimate of drug-likeness (QED) is 0.844. The number of hydrogen-bond donors (Lipinski definition) is 2. The maximum Gasteiger partial charge on any atom is 0.268 e. The number of sulfonamides is 1. The lowest BCUT2D eigenvalue weighted by molar-refractivity contribution is 0.522. The van der Waals surface area contributed by atoms with Crippen molar-refractivity contribution >= 4 is 32.9 Å². The van der Waals surface area contributed by atoms with Crippen molar-refractivity contribution in [3.8, 4) is 0 Å². The number of halogens is 2. The number of hydrogen-bond acceptors (Lipinski definition) is 5. The molecule has 0 saturated carbocycles. The van der Waals surface area contributed by atoms with E-state index in [-0.39, 0.29) is 11.5 Å². The van der Waals surface area contributed by atoms with Crippen LogP contribution in [0.25, 0.3) is 0 Å². The topological polar surface area (TPSA) is 85.1 Å². The van der Waals surface area contributed by atoms with Crippen LogP contribution < -0.4 is 10.5 Å². The SMILES string of the molecule is Nc1cc(F)c(S(=O)(=O)Nc2cscn2)c(F)c1. The van der Waals surface area contributed by atoms with Crippen LogP contribution in [-0.4, -0.2) is 13.4 Å². The Bertz CT molecular complexity index is 648. The summed E-state index contributed by atoms with van der Waals surface area (Å²) in [4.78, 5) is 2.58. The predicted molar refractivity (Wildman–Crippen MR) is 63.7 cm³/mol. The lowest BCUT2D eigenvalue weighted by Crippen LogP contribution is -2.17. The fourth-order valence-corrected chi connectivity index (χ4v) is 2.97. The summed E-state index contributed by atoms with van der Waals surface area (Å²) in [5.41, 5.74) is 6.39. The van der Waals surface area contributed by atoms with Crippen molar-refractivity contribution in [3.63, 3.8) is 0 Å². The molecule has 0 atom stereocenters. The molecule has 0 saturated heterocycles. The molecule has 0 spiro atoms. The van der Waals surface area contributed by atoms with Crippen LogP contribution in [0.5, 0.6) is 0 Å². The van der Waals surface area contributed by atoms with E-state index in [1.807, 2.05) is 4.72 Å². The standard InChI is InChI=1S/C9H7F2N3O2S2/c10-6-1-5(12)2-7(11)9(6)18(15,16)14-8-3-17-4-13-8/h1-4,14H,12H2. The van der Waals surface area contributed by atoms with Crippen molar-refractivity contribution in [2.24, 2.45) is 0 Å². The Morgan fingerprint density at radius 2 is 1.89 bits per heavy atom. The average Bonchev–Trinajstić information content (AvgIpc) is 2.66. The third-order valence-corrected chi connectivity index (χ3v) is 3.95. The molecule has 0 fully saturated rings. The maximum absolute atomic E-state index is 13.5. The summed E-state index contributed by atoms with van der Waals surface area (Å²) in [6.07, 6.45) is 0. The summed E-state index contributed by atoms with van der Waals surface area (Å²) in [6, 6.07) is 1.47. The highest BCUT2D eigenvalue weighted by Crippen LogP contribution is 2.23.